The van der Waals surface area contributed by atoms with Gasteiger partial charge in [0, 0.05) is 12.3 Å². The molecular weight excluding hydrogens is 248 g/mol. The van der Waals surface area contributed by atoms with Gasteiger partial charge in [-0.3, -0.25) is 4.79 Å². The van der Waals surface area contributed by atoms with Crippen LogP contribution in [0, 0.1) is 23.2 Å². The highest BCUT2D eigenvalue weighted by molar-refractivity contribution is 5.83. The van der Waals surface area contributed by atoms with Crippen molar-refractivity contribution in [2.24, 2.45) is 23.2 Å². The van der Waals surface area contributed by atoms with E-state index in [1.54, 1.807) is 0 Å². The van der Waals surface area contributed by atoms with Crippen LogP contribution in [0.5, 0.6) is 0 Å². The van der Waals surface area contributed by atoms with Crippen molar-refractivity contribution in [3.63, 3.8) is 0 Å². The van der Waals surface area contributed by atoms with Gasteiger partial charge in [-0.2, -0.15) is 0 Å². The first-order valence-electron chi connectivity index (χ1n) is 7.67. The van der Waals surface area contributed by atoms with Crippen LogP contribution >= 0.6 is 0 Å². The minimum absolute atomic E-state index is 0.169. The van der Waals surface area contributed by atoms with Gasteiger partial charge in [0.25, 0.3) is 0 Å². The predicted molar refractivity (Wildman–Crippen MR) is 79.2 cm³/mol. The number of carbonyl (C=O) groups excluding carboxylic acids is 1. The van der Waals surface area contributed by atoms with Crippen LogP contribution in [0.4, 0.5) is 0 Å². The monoisotopic (exact) mass is 272 g/mol. The smallest absolute Gasteiger partial charge is 0.136 e. The number of rotatable bonds is 3. The maximum Gasteiger partial charge on any atom is 0.136 e. The lowest BCUT2D eigenvalue weighted by molar-refractivity contribution is -0.123. The molecule has 108 valence electrons. The molecule has 2 fully saturated rings. The lowest BCUT2D eigenvalue weighted by atomic mass is 9.83. The van der Waals surface area contributed by atoms with Gasteiger partial charge in [0.15, 0.2) is 0 Å². The van der Waals surface area contributed by atoms with E-state index in [9.17, 15) is 4.79 Å². The van der Waals surface area contributed by atoms with Crippen molar-refractivity contribution in [3.05, 3.63) is 35.9 Å². The summed E-state index contributed by atoms with van der Waals surface area (Å²) in [5.74, 6) is 1.56. The molecule has 0 radical (unpaired) electrons. The third kappa shape index (κ3) is 2.31. The van der Waals surface area contributed by atoms with Gasteiger partial charge in [-0.15, -0.1) is 0 Å². The van der Waals surface area contributed by atoms with Crippen LogP contribution in [-0.2, 0) is 16.1 Å². The number of ketones is 1. The molecule has 1 unspecified atom stereocenters. The average molecular weight is 272 g/mol. The largest absolute Gasteiger partial charge is 0.373 e. The van der Waals surface area contributed by atoms with Crippen molar-refractivity contribution in [1.82, 2.24) is 0 Å². The fourth-order valence-corrected chi connectivity index (χ4v) is 4.33. The second-order valence-corrected chi connectivity index (χ2v) is 7.21. The highest BCUT2D eigenvalue weighted by atomic mass is 16.5. The maximum absolute atomic E-state index is 12.0. The molecule has 1 aromatic carbocycles. The molecule has 0 spiro atoms. The van der Waals surface area contributed by atoms with Crippen molar-refractivity contribution in [1.29, 1.82) is 0 Å². The topological polar surface area (TPSA) is 26.3 Å². The van der Waals surface area contributed by atoms with E-state index in [1.165, 1.54) is 5.56 Å². The predicted octanol–water partition coefficient (Wildman–Crippen LogP) is 3.84. The SMILES string of the molecule is CC1C(=O)C[C@H]2CC(C)(C)[C@H](OCc3ccccc3)[C@@H]12. The summed E-state index contributed by atoms with van der Waals surface area (Å²) in [4.78, 5) is 12.0. The number of hydrogen-bond donors (Lipinski definition) is 0. The number of benzene rings is 1. The van der Waals surface area contributed by atoms with Crippen molar-refractivity contribution < 1.29 is 9.53 Å². The first kappa shape index (κ1) is 13.8. The van der Waals surface area contributed by atoms with E-state index in [2.05, 4.69) is 32.9 Å². The van der Waals surface area contributed by atoms with E-state index >= 15 is 0 Å². The molecule has 2 aliphatic carbocycles. The fraction of sp³-hybridized carbons (Fsp3) is 0.611. The summed E-state index contributed by atoms with van der Waals surface area (Å²) in [6.45, 7) is 7.32. The Hall–Kier alpha value is -1.15. The molecule has 1 aromatic rings. The highest BCUT2D eigenvalue weighted by Gasteiger charge is 2.55. The molecule has 2 aliphatic rings. The van der Waals surface area contributed by atoms with E-state index in [1.807, 2.05) is 18.2 Å². The summed E-state index contributed by atoms with van der Waals surface area (Å²) < 4.78 is 6.28. The Morgan fingerprint density at radius 3 is 2.65 bits per heavy atom. The van der Waals surface area contributed by atoms with Crippen LogP contribution in [0.2, 0.25) is 0 Å². The number of hydrogen-bond acceptors (Lipinski definition) is 2. The van der Waals surface area contributed by atoms with Gasteiger partial charge in [-0.05, 0) is 29.2 Å². The summed E-state index contributed by atoms with van der Waals surface area (Å²) in [5.41, 5.74) is 1.39. The third-order valence-electron chi connectivity index (χ3n) is 5.27. The molecule has 0 aromatic heterocycles. The Bertz CT molecular complexity index is 491. The number of ether oxygens (including phenoxy) is 1. The quantitative estimate of drug-likeness (QED) is 0.835. The van der Waals surface area contributed by atoms with Gasteiger partial charge < -0.3 is 4.74 Å². The van der Waals surface area contributed by atoms with Crippen molar-refractivity contribution in [2.75, 3.05) is 0 Å². The zero-order valence-corrected chi connectivity index (χ0v) is 12.6. The Kier molecular flexibility index (Phi) is 3.45. The molecule has 2 saturated carbocycles. The van der Waals surface area contributed by atoms with E-state index in [-0.39, 0.29) is 17.4 Å². The number of fused-ring (bicyclic) bond motifs is 1. The van der Waals surface area contributed by atoms with E-state index in [0.29, 0.717) is 24.2 Å². The van der Waals surface area contributed by atoms with E-state index in [4.69, 9.17) is 4.74 Å². The first-order chi connectivity index (χ1) is 9.49. The zero-order chi connectivity index (χ0) is 14.3. The van der Waals surface area contributed by atoms with Gasteiger partial charge in [0.1, 0.15) is 5.78 Å². The zero-order valence-electron chi connectivity index (χ0n) is 12.6. The summed E-state index contributed by atoms with van der Waals surface area (Å²) >= 11 is 0. The maximum atomic E-state index is 12.0. The van der Waals surface area contributed by atoms with Crippen LogP contribution in [0.3, 0.4) is 0 Å². The molecule has 20 heavy (non-hydrogen) atoms. The van der Waals surface area contributed by atoms with Gasteiger partial charge in [-0.1, -0.05) is 51.1 Å². The number of carbonyl (C=O) groups is 1. The van der Waals surface area contributed by atoms with Crippen molar-refractivity contribution in [2.45, 2.75) is 46.3 Å². The van der Waals surface area contributed by atoms with E-state index in [0.717, 1.165) is 12.8 Å². The lowest BCUT2D eigenvalue weighted by Crippen LogP contribution is -2.34. The summed E-state index contributed by atoms with van der Waals surface area (Å²) in [6.07, 6.45) is 2.09. The molecule has 4 atom stereocenters. The van der Waals surface area contributed by atoms with Crippen molar-refractivity contribution in [3.8, 4) is 0 Å². The van der Waals surface area contributed by atoms with Gasteiger partial charge in [0.05, 0.1) is 12.7 Å². The fourth-order valence-electron chi connectivity index (χ4n) is 4.33. The Balaban J connectivity index is 1.74. The standard InChI is InChI=1S/C18H24O2/c1-12-15(19)9-14-10-18(2,3)17(16(12)14)20-11-13-7-5-4-6-8-13/h4-8,12,14,16-17H,9-11H2,1-3H3/t12?,14-,16-,17+/m0/s1. The normalized spacial score (nSPS) is 35.2. The summed E-state index contributed by atoms with van der Waals surface area (Å²) in [7, 11) is 0. The molecule has 0 saturated heterocycles. The van der Waals surface area contributed by atoms with Gasteiger partial charge in [0.2, 0.25) is 0 Å². The molecule has 3 rings (SSSR count). The molecule has 0 heterocycles. The molecular formula is C18H24O2. The molecule has 0 amide bonds. The summed E-state index contributed by atoms with van der Waals surface area (Å²) in [5, 5.41) is 0. The second-order valence-electron chi connectivity index (χ2n) is 7.21. The number of Topliss-reactive ketones (excluding diaryl/α,β-unsaturated/α-hetero) is 1. The Morgan fingerprint density at radius 2 is 1.95 bits per heavy atom. The van der Waals surface area contributed by atoms with Crippen LogP contribution in [0.1, 0.15) is 39.2 Å². The highest BCUT2D eigenvalue weighted by Crippen LogP contribution is 2.55. The third-order valence-corrected chi connectivity index (χ3v) is 5.27. The van der Waals surface area contributed by atoms with Gasteiger partial charge >= 0.3 is 0 Å². The molecule has 2 nitrogen and oxygen atoms in total. The minimum Gasteiger partial charge on any atom is -0.373 e. The first-order valence-corrected chi connectivity index (χ1v) is 7.67. The summed E-state index contributed by atoms with van der Waals surface area (Å²) in [6, 6.07) is 10.3. The molecule has 2 heteroatoms. The van der Waals surface area contributed by atoms with Crippen molar-refractivity contribution >= 4 is 5.78 Å². The molecule has 0 bridgehead atoms. The second kappa shape index (κ2) is 5.00. The Morgan fingerprint density at radius 1 is 1.25 bits per heavy atom. The lowest BCUT2D eigenvalue weighted by Gasteiger charge is -2.32. The minimum atomic E-state index is 0.169. The van der Waals surface area contributed by atoms with Crippen LogP contribution in [0.25, 0.3) is 0 Å². The van der Waals surface area contributed by atoms with Gasteiger partial charge in [-0.25, -0.2) is 0 Å². The molecule has 0 N–H and O–H groups in total. The van der Waals surface area contributed by atoms with Crippen LogP contribution < -0.4 is 0 Å². The Labute approximate surface area is 121 Å². The van der Waals surface area contributed by atoms with E-state index < -0.39 is 0 Å². The van der Waals surface area contributed by atoms with Crippen LogP contribution in [0.15, 0.2) is 30.3 Å². The molecule has 0 aliphatic heterocycles. The van der Waals surface area contributed by atoms with Crippen LogP contribution in [-0.4, -0.2) is 11.9 Å². The average Bonchev–Trinajstić information content (AvgIpc) is 2.81.